The second kappa shape index (κ2) is 17.0. The van der Waals surface area contributed by atoms with Crippen molar-refractivity contribution in [2.75, 3.05) is 0 Å². The SMILES string of the molecule is Cc1cccc2c3cc4c(cc3n(-c3ccc(C(C)(C)C)cc3)c12)c1ccccc1n4-c1ccc(-c2nnc(-c3ccc(-n4c5ccccc5c5cc6c(cc54)c4ccccc4n6-c4ccc(C(C)(C)C)cc4)cc3)s2)cc1. The van der Waals surface area contributed by atoms with Crippen molar-refractivity contribution in [3.8, 4) is 43.9 Å². The van der Waals surface area contributed by atoms with Crippen molar-refractivity contribution >= 4 is 98.6 Å². The number of aromatic nitrogens is 6. The lowest BCUT2D eigenvalue weighted by atomic mass is 9.87. The highest BCUT2D eigenvalue weighted by molar-refractivity contribution is 7.17. The van der Waals surface area contributed by atoms with Crippen LogP contribution in [0.25, 0.3) is 131 Å². The Hall–Kier alpha value is -9.04. The molecule has 78 heavy (non-hydrogen) atoms. The van der Waals surface area contributed by atoms with E-state index in [1.807, 2.05) is 0 Å². The van der Waals surface area contributed by atoms with Gasteiger partial charge in [-0.15, -0.1) is 10.2 Å². The summed E-state index contributed by atoms with van der Waals surface area (Å²) in [7, 11) is 0. The molecule has 0 spiro atoms. The molecule has 0 fully saturated rings. The Morgan fingerprint density at radius 1 is 0.308 bits per heavy atom. The maximum Gasteiger partial charge on any atom is 0.148 e. The van der Waals surface area contributed by atoms with Crippen LogP contribution in [0, 0.1) is 6.92 Å². The van der Waals surface area contributed by atoms with Gasteiger partial charge in [0.25, 0.3) is 0 Å². The summed E-state index contributed by atoms with van der Waals surface area (Å²) in [6.45, 7) is 15.9. The Bertz CT molecular complexity index is 4890. The van der Waals surface area contributed by atoms with E-state index in [4.69, 9.17) is 10.2 Å². The maximum absolute atomic E-state index is 4.77. The molecular formula is C71H56N6S. The van der Waals surface area contributed by atoms with E-state index in [9.17, 15) is 0 Å². The molecule has 15 aromatic rings. The van der Waals surface area contributed by atoms with Crippen LogP contribution in [-0.2, 0) is 10.8 Å². The predicted molar refractivity (Wildman–Crippen MR) is 330 cm³/mol. The number of hydrogen-bond acceptors (Lipinski definition) is 3. The Balaban J connectivity index is 0.774. The summed E-state index contributed by atoms with van der Waals surface area (Å²) < 4.78 is 9.73. The summed E-state index contributed by atoms with van der Waals surface area (Å²) in [6, 6.07) is 78.6. The number of benzene rings is 10. The van der Waals surface area contributed by atoms with E-state index in [0.717, 1.165) is 32.5 Å². The third kappa shape index (κ3) is 7.07. The van der Waals surface area contributed by atoms with Gasteiger partial charge in [0, 0.05) is 77.0 Å². The van der Waals surface area contributed by atoms with Crippen LogP contribution < -0.4 is 0 Å². The largest absolute Gasteiger partial charge is 0.309 e. The van der Waals surface area contributed by atoms with Crippen molar-refractivity contribution in [3.63, 3.8) is 0 Å². The molecule has 7 heteroatoms. The topological polar surface area (TPSA) is 45.5 Å². The molecule has 0 unspecified atom stereocenters. The highest BCUT2D eigenvalue weighted by Crippen LogP contribution is 2.43. The van der Waals surface area contributed by atoms with E-state index in [0.29, 0.717) is 0 Å². The molecule has 0 radical (unpaired) electrons. The van der Waals surface area contributed by atoms with E-state index in [-0.39, 0.29) is 10.8 Å². The number of hydrogen-bond donors (Lipinski definition) is 0. The van der Waals surface area contributed by atoms with Crippen LogP contribution in [-0.4, -0.2) is 28.5 Å². The van der Waals surface area contributed by atoms with E-state index < -0.39 is 0 Å². The monoisotopic (exact) mass is 1020 g/mol. The van der Waals surface area contributed by atoms with Gasteiger partial charge >= 0.3 is 0 Å². The quantitative estimate of drug-likeness (QED) is 0.167. The zero-order valence-corrected chi connectivity index (χ0v) is 45.6. The first-order valence-electron chi connectivity index (χ1n) is 27.1. The van der Waals surface area contributed by atoms with Crippen molar-refractivity contribution < 1.29 is 0 Å². The zero-order valence-electron chi connectivity index (χ0n) is 44.8. The van der Waals surface area contributed by atoms with E-state index >= 15 is 0 Å². The molecule has 5 aromatic heterocycles. The normalized spacial score (nSPS) is 12.6. The number of fused-ring (bicyclic) bond motifs is 12. The average molecular weight is 1030 g/mol. The Labute approximate surface area is 456 Å². The standard InChI is InChI=1S/C71H56N6S/c1-43-15-14-19-55-59-42-65-58(41-66(59)77(67(43)55)51-37-29-47(30-38-51)71(5,6)7)54-18-10-12-21-61(54)75(65)49-33-25-45(26-34-49)69-73-72-68(78-69)44-23-31-48(32-24-44)74-60-20-11-8-16-52(60)56-40-64-57(39-63(56)74)53-17-9-13-22-62(53)76(64)50-35-27-46(28-36-50)70(2,3)4/h8-42H,1-7H3. The van der Waals surface area contributed by atoms with Gasteiger partial charge in [-0.1, -0.05) is 150 Å². The van der Waals surface area contributed by atoms with Gasteiger partial charge in [0.2, 0.25) is 0 Å². The predicted octanol–water partition coefficient (Wildman–Crippen LogP) is 19.2. The van der Waals surface area contributed by atoms with Gasteiger partial charge < -0.3 is 18.3 Å². The van der Waals surface area contributed by atoms with Gasteiger partial charge in [0.15, 0.2) is 0 Å². The average Bonchev–Trinajstić information content (AvgIpc) is 4.47. The molecule has 376 valence electrons. The zero-order chi connectivity index (χ0) is 52.8. The van der Waals surface area contributed by atoms with Crippen LogP contribution in [0.1, 0.15) is 58.2 Å². The third-order valence-corrected chi connectivity index (χ3v) is 17.4. The minimum atomic E-state index is 0.0778. The highest BCUT2D eigenvalue weighted by Gasteiger charge is 2.23. The van der Waals surface area contributed by atoms with Gasteiger partial charge in [-0.2, -0.15) is 0 Å². The summed E-state index contributed by atoms with van der Waals surface area (Å²) in [4.78, 5) is 0. The minimum Gasteiger partial charge on any atom is -0.309 e. The summed E-state index contributed by atoms with van der Waals surface area (Å²) >= 11 is 1.63. The molecule has 0 bridgehead atoms. The highest BCUT2D eigenvalue weighted by atomic mass is 32.1. The molecule has 0 saturated heterocycles. The lowest BCUT2D eigenvalue weighted by molar-refractivity contribution is 0.590. The molecule has 5 heterocycles. The molecule has 10 aromatic carbocycles. The van der Waals surface area contributed by atoms with Crippen LogP contribution in [0.15, 0.2) is 212 Å². The van der Waals surface area contributed by atoms with Gasteiger partial charge in [0.1, 0.15) is 10.0 Å². The third-order valence-electron chi connectivity index (χ3n) is 16.4. The van der Waals surface area contributed by atoms with Crippen LogP contribution in [0.3, 0.4) is 0 Å². The van der Waals surface area contributed by atoms with Gasteiger partial charge in [-0.25, -0.2) is 0 Å². The van der Waals surface area contributed by atoms with E-state index in [1.54, 1.807) is 11.3 Å². The first kappa shape index (κ1) is 46.3. The molecule has 0 saturated carbocycles. The van der Waals surface area contributed by atoms with Crippen molar-refractivity contribution in [1.82, 2.24) is 28.5 Å². The smallest absolute Gasteiger partial charge is 0.148 e. The maximum atomic E-state index is 4.77. The molecule has 0 atom stereocenters. The lowest BCUT2D eigenvalue weighted by Crippen LogP contribution is -2.10. The molecule has 0 amide bonds. The van der Waals surface area contributed by atoms with Crippen molar-refractivity contribution in [2.24, 2.45) is 0 Å². The number of nitrogens with zero attached hydrogens (tertiary/aromatic N) is 6. The Morgan fingerprint density at radius 3 is 1.01 bits per heavy atom. The number of para-hydroxylation sites is 4. The fourth-order valence-corrected chi connectivity index (χ4v) is 13.3. The van der Waals surface area contributed by atoms with E-state index in [1.165, 1.54) is 115 Å². The molecule has 0 aliphatic carbocycles. The molecule has 6 nitrogen and oxygen atoms in total. The summed E-state index contributed by atoms with van der Waals surface area (Å²) in [6.07, 6.45) is 0. The van der Waals surface area contributed by atoms with Crippen molar-refractivity contribution in [1.29, 1.82) is 0 Å². The second-order valence-corrected chi connectivity index (χ2v) is 24.2. The number of rotatable bonds is 6. The minimum absolute atomic E-state index is 0.0778. The molecule has 0 aliphatic heterocycles. The lowest BCUT2D eigenvalue weighted by Gasteiger charge is -2.19. The molecule has 0 aliphatic rings. The molecule has 15 rings (SSSR count). The van der Waals surface area contributed by atoms with Crippen molar-refractivity contribution in [2.45, 2.75) is 59.3 Å². The first-order chi connectivity index (χ1) is 37.9. The van der Waals surface area contributed by atoms with Crippen molar-refractivity contribution in [3.05, 3.63) is 229 Å². The van der Waals surface area contributed by atoms with Crippen LogP contribution in [0.2, 0.25) is 0 Å². The summed E-state index contributed by atoms with van der Waals surface area (Å²) in [5.74, 6) is 0. The van der Waals surface area contributed by atoms with Gasteiger partial charge in [-0.3, -0.25) is 0 Å². The Morgan fingerprint density at radius 2 is 0.628 bits per heavy atom. The second-order valence-electron chi connectivity index (χ2n) is 23.2. The number of aryl methyl sites for hydroxylation is 1. The van der Waals surface area contributed by atoms with Gasteiger partial charge in [-0.05, 0) is 150 Å². The van der Waals surface area contributed by atoms with Crippen LogP contribution in [0.4, 0.5) is 0 Å². The Kier molecular flexibility index (Phi) is 10.1. The summed E-state index contributed by atoms with van der Waals surface area (Å²) in [5.41, 5.74) is 20.3. The molecular weight excluding hydrogens is 969 g/mol. The fraction of sp³-hybridized carbons (Fsp3) is 0.127. The fourth-order valence-electron chi connectivity index (χ4n) is 12.4. The van der Waals surface area contributed by atoms with Gasteiger partial charge in [0.05, 0.1) is 44.1 Å². The van der Waals surface area contributed by atoms with Crippen LogP contribution in [0.5, 0.6) is 0 Å². The van der Waals surface area contributed by atoms with E-state index in [2.05, 4.69) is 279 Å². The first-order valence-corrected chi connectivity index (χ1v) is 27.9. The molecule has 0 N–H and O–H groups in total. The summed E-state index contributed by atoms with van der Waals surface area (Å²) in [5, 5.41) is 21.2. The van der Waals surface area contributed by atoms with Crippen LogP contribution >= 0.6 is 11.3 Å².